The molecule has 0 bridgehead atoms. The zero-order valence-corrected chi connectivity index (χ0v) is 12.0. The summed E-state index contributed by atoms with van der Waals surface area (Å²) in [5.41, 5.74) is 1.20. The molecule has 1 aromatic rings. The van der Waals surface area contributed by atoms with Crippen molar-refractivity contribution < 1.29 is 9.90 Å². The molecule has 0 saturated heterocycles. The molecule has 2 nitrogen and oxygen atoms in total. The Morgan fingerprint density at radius 1 is 1.28 bits per heavy atom. The molecule has 0 fully saturated rings. The summed E-state index contributed by atoms with van der Waals surface area (Å²) < 4.78 is 0. The zero-order valence-electron chi connectivity index (χ0n) is 11.2. The molecule has 0 aromatic heterocycles. The molecule has 1 aromatic carbocycles. The van der Waals surface area contributed by atoms with Crippen molar-refractivity contribution in [3.8, 4) is 0 Å². The molecular weight excluding hydrogens is 248 g/mol. The van der Waals surface area contributed by atoms with Crippen LogP contribution in [0.15, 0.2) is 24.3 Å². The summed E-state index contributed by atoms with van der Waals surface area (Å²) in [7, 11) is 0. The Bertz CT molecular complexity index is 390. The fraction of sp³-hybridized carbons (Fsp3) is 0.533. The number of carboxylic acids is 1. The molecule has 18 heavy (non-hydrogen) atoms. The zero-order chi connectivity index (χ0) is 13.8. The third-order valence-electron chi connectivity index (χ3n) is 2.99. The fourth-order valence-corrected chi connectivity index (χ4v) is 1.95. The van der Waals surface area contributed by atoms with Gasteiger partial charge in [-0.3, -0.25) is 4.79 Å². The summed E-state index contributed by atoms with van der Waals surface area (Å²) in [5, 5.41) is 9.94. The van der Waals surface area contributed by atoms with Gasteiger partial charge in [-0.15, -0.1) is 0 Å². The summed E-state index contributed by atoms with van der Waals surface area (Å²) in [5.74, 6) is -1.03. The van der Waals surface area contributed by atoms with Gasteiger partial charge in [-0.05, 0) is 42.4 Å². The highest BCUT2D eigenvalue weighted by atomic mass is 35.5. The molecule has 100 valence electrons. The van der Waals surface area contributed by atoms with Crippen LogP contribution in [0.3, 0.4) is 0 Å². The highest BCUT2D eigenvalue weighted by Crippen LogP contribution is 2.25. The first-order valence-corrected chi connectivity index (χ1v) is 6.63. The van der Waals surface area contributed by atoms with E-state index in [1.807, 2.05) is 12.1 Å². The molecule has 0 heterocycles. The van der Waals surface area contributed by atoms with Crippen LogP contribution in [-0.4, -0.2) is 11.1 Å². The lowest BCUT2D eigenvalue weighted by atomic mass is 9.85. The van der Waals surface area contributed by atoms with Crippen LogP contribution in [0, 0.1) is 11.3 Å². The number of halogens is 1. The van der Waals surface area contributed by atoms with E-state index < -0.39 is 5.97 Å². The lowest BCUT2D eigenvalue weighted by Gasteiger charge is -2.21. The Labute approximate surface area is 114 Å². The standard InChI is InChI=1S/C15H21ClO2/c1-15(2,3)9-8-12(14(17)18)10-11-4-6-13(16)7-5-11/h4-7,12H,8-10H2,1-3H3,(H,17,18). The van der Waals surface area contributed by atoms with Crippen molar-refractivity contribution in [1.29, 1.82) is 0 Å². The van der Waals surface area contributed by atoms with E-state index in [2.05, 4.69) is 20.8 Å². The minimum atomic E-state index is -0.714. The summed E-state index contributed by atoms with van der Waals surface area (Å²) in [6.45, 7) is 6.40. The quantitative estimate of drug-likeness (QED) is 0.859. The molecule has 0 amide bonds. The van der Waals surface area contributed by atoms with Crippen molar-refractivity contribution in [2.24, 2.45) is 11.3 Å². The lowest BCUT2D eigenvalue weighted by molar-refractivity contribution is -0.142. The molecule has 0 radical (unpaired) electrons. The number of carboxylic acid groups (broad SMARTS) is 1. The SMILES string of the molecule is CC(C)(C)CCC(Cc1ccc(Cl)cc1)C(=O)O. The van der Waals surface area contributed by atoms with E-state index in [1.54, 1.807) is 12.1 Å². The molecule has 0 spiro atoms. The van der Waals surface area contributed by atoms with Crippen LogP contribution in [0.4, 0.5) is 0 Å². The lowest BCUT2D eigenvalue weighted by Crippen LogP contribution is -2.19. The van der Waals surface area contributed by atoms with Gasteiger partial charge in [-0.1, -0.05) is 44.5 Å². The Morgan fingerprint density at radius 3 is 2.28 bits per heavy atom. The summed E-state index contributed by atoms with van der Waals surface area (Å²) >= 11 is 5.82. The molecule has 1 N–H and O–H groups in total. The highest BCUT2D eigenvalue weighted by Gasteiger charge is 2.21. The van der Waals surface area contributed by atoms with E-state index in [4.69, 9.17) is 11.6 Å². The Balaban J connectivity index is 2.63. The van der Waals surface area contributed by atoms with Crippen LogP contribution in [0.2, 0.25) is 5.02 Å². The van der Waals surface area contributed by atoms with Gasteiger partial charge >= 0.3 is 5.97 Å². The normalized spacial score (nSPS) is 13.3. The number of hydrogen-bond acceptors (Lipinski definition) is 1. The fourth-order valence-electron chi connectivity index (χ4n) is 1.83. The smallest absolute Gasteiger partial charge is 0.306 e. The van der Waals surface area contributed by atoms with Crippen LogP contribution in [0.1, 0.15) is 39.2 Å². The molecule has 0 aliphatic carbocycles. The van der Waals surface area contributed by atoms with Crippen LogP contribution in [0.25, 0.3) is 0 Å². The van der Waals surface area contributed by atoms with E-state index in [9.17, 15) is 9.90 Å². The molecular formula is C15H21ClO2. The number of carbonyl (C=O) groups is 1. The third kappa shape index (κ3) is 5.54. The van der Waals surface area contributed by atoms with Gasteiger partial charge in [0.2, 0.25) is 0 Å². The number of benzene rings is 1. The second kappa shape index (κ2) is 6.24. The average molecular weight is 269 g/mol. The van der Waals surface area contributed by atoms with E-state index in [-0.39, 0.29) is 11.3 Å². The molecule has 1 unspecified atom stereocenters. The Morgan fingerprint density at radius 2 is 1.83 bits per heavy atom. The van der Waals surface area contributed by atoms with Gasteiger partial charge in [-0.25, -0.2) is 0 Å². The second-order valence-corrected chi connectivity index (χ2v) is 6.40. The first-order chi connectivity index (χ1) is 8.28. The van der Waals surface area contributed by atoms with Crippen molar-refractivity contribution in [3.63, 3.8) is 0 Å². The second-order valence-electron chi connectivity index (χ2n) is 5.97. The minimum Gasteiger partial charge on any atom is -0.481 e. The largest absolute Gasteiger partial charge is 0.481 e. The highest BCUT2D eigenvalue weighted by molar-refractivity contribution is 6.30. The molecule has 0 aliphatic rings. The van der Waals surface area contributed by atoms with Crippen molar-refractivity contribution in [1.82, 2.24) is 0 Å². The van der Waals surface area contributed by atoms with Crippen LogP contribution in [0.5, 0.6) is 0 Å². The van der Waals surface area contributed by atoms with Gasteiger partial charge in [0.25, 0.3) is 0 Å². The predicted molar refractivity (Wildman–Crippen MR) is 75.0 cm³/mol. The summed E-state index contributed by atoms with van der Waals surface area (Å²) in [6, 6.07) is 7.41. The van der Waals surface area contributed by atoms with E-state index in [0.29, 0.717) is 17.9 Å². The van der Waals surface area contributed by atoms with E-state index in [1.165, 1.54) is 0 Å². The average Bonchev–Trinajstić information content (AvgIpc) is 2.25. The van der Waals surface area contributed by atoms with Crippen molar-refractivity contribution in [3.05, 3.63) is 34.9 Å². The van der Waals surface area contributed by atoms with Crippen molar-refractivity contribution in [2.45, 2.75) is 40.0 Å². The Hall–Kier alpha value is -1.02. The summed E-state index contributed by atoms with van der Waals surface area (Å²) in [6.07, 6.45) is 2.20. The molecule has 1 rings (SSSR count). The van der Waals surface area contributed by atoms with Gasteiger partial charge in [0.1, 0.15) is 0 Å². The number of rotatable bonds is 5. The predicted octanol–water partition coefficient (Wildman–Crippen LogP) is 4.41. The minimum absolute atomic E-state index is 0.174. The molecule has 1 atom stereocenters. The van der Waals surface area contributed by atoms with Gasteiger partial charge in [-0.2, -0.15) is 0 Å². The van der Waals surface area contributed by atoms with Crippen LogP contribution >= 0.6 is 11.6 Å². The van der Waals surface area contributed by atoms with Crippen LogP contribution in [-0.2, 0) is 11.2 Å². The Kier molecular flexibility index (Phi) is 5.21. The van der Waals surface area contributed by atoms with Gasteiger partial charge < -0.3 is 5.11 Å². The third-order valence-corrected chi connectivity index (χ3v) is 3.24. The maximum Gasteiger partial charge on any atom is 0.306 e. The molecule has 3 heteroatoms. The first kappa shape index (κ1) is 15.0. The van der Waals surface area contributed by atoms with Crippen molar-refractivity contribution in [2.75, 3.05) is 0 Å². The number of aliphatic carboxylic acids is 1. The monoisotopic (exact) mass is 268 g/mol. The van der Waals surface area contributed by atoms with Gasteiger partial charge in [0.15, 0.2) is 0 Å². The van der Waals surface area contributed by atoms with Crippen molar-refractivity contribution >= 4 is 17.6 Å². The number of hydrogen-bond donors (Lipinski definition) is 1. The van der Waals surface area contributed by atoms with E-state index >= 15 is 0 Å². The molecule has 0 saturated carbocycles. The maximum atomic E-state index is 11.3. The topological polar surface area (TPSA) is 37.3 Å². The van der Waals surface area contributed by atoms with Gasteiger partial charge in [0, 0.05) is 5.02 Å². The summed E-state index contributed by atoms with van der Waals surface area (Å²) in [4.78, 5) is 11.3. The maximum absolute atomic E-state index is 11.3. The van der Waals surface area contributed by atoms with Crippen LogP contribution < -0.4 is 0 Å². The van der Waals surface area contributed by atoms with E-state index in [0.717, 1.165) is 12.0 Å². The molecule has 0 aliphatic heterocycles. The first-order valence-electron chi connectivity index (χ1n) is 6.25. The van der Waals surface area contributed by atoms with Gasteiger partial charge in [0.05, 0.1) is 5.92 Å².